The number of hydrogen-bond acceptors (Lipinski definition) is 4. The molecule has 1 N–H and O–H groups in total. The van der Waals surface area contributed by atoms with Crippen LogP contribution in [0.5, 0.6) is 0 Å². The Labute approximate surface area is 113 Å². The Bertz CT molecular complexity index is 399. The molecule has 0 radical (unpaired) electrons. The summed E-state index contributed by atoms with van der Waals surface area (Å²) in [5.41, 5.74) is 0. The van der Waals surface area contributed by atoms with Crippen molar-refractivity contribution in [1.82, 2.24) is 19.8 Å². The molecule has 1 saturated heterocycles. The van der Waals surface area contributed by atoms with Gasteiger partial charge in [0.05, 0.1) is 13.2 Å². The third-order valence-corrected chi connectivity index (χ3v) is 3.33. The fourth-order valence-electron chi connectivity index (χ4n) is 2.13. The molecule has 0 spiro atoms. The van der Waals surface area contributed by atoms with Gasteiger partial charge in [-0.05, 0) is 6.92 Å². The van der Waals surface area contributed by atoms with Crippen LogP contribution in [0, 0.1) is 6.92 Å². The molecular formula is C13H22N4O2. The highest BCUT2D eigenvalue weighted by Gasteiger charge is 2.15. The summed E-state index contributed by atoms with van der Waals surface area (Å²) in [6, 6.07) is 0. The molecule has 1 aromatic heterocycles. The second kappa shape index (κ2) is 7.25. The number of carbonyl (C=O) groups excluding carboxylic acids is 1. The van der Waals surface area contributed by atoms with Crippen LogP contribution in [-0.4, -0.2) is 59.8 Å². The number of amides is 1. The second-order valence-corrected chi connectivity index (χ2v) is 4.66. The van der Waals surface area contributed by atoms with Gasteiger partial charge < -0.3 is 19.5 Å². The first-order chi connectivity index (χ1) is 9.27. The van der Waals surface area contributed by atoms with Crippen LogP contribution >= 0.6 is 0 Å². The van der Waals surface area contributed by atoms with Gasteiger partial charge in [0.15, 0.2) is 0 Å². The van der Waals surface area contributed by atoms with Gasteiger partial charge >= 0.3 is 0 Å². The van der Waals surface area contributed by atoms with E-state index < -0.39 is 0 Å². The number of carbonyl (C=O) groups is 1. The van der Waals surface area contributed by atoms with E-state index in [4.69, 9.17) is 4.74 Å². The Morgan fingerprint density at radius 1 is 1.42 bits per heavy atom. The zero-order valence-electron chi connectivity index (χ0n) is 11.5. The van der Waals surface area contributed by atoms with E-state index in [1.54, 1.807) is 6.20 Å². The lowest BCUT2D eigenvalue weighted by molar-refractivity contribution is -0.135. The van der Waals surface area contributed by atoms with Crippen LogP contribution in [0.1, 0.15) is 12.2 Å². The quantitative estimate of drug-likeness (QED) is 0.738. The molecule has 1 amide bonds. The predicted octanol–water partition coefficient (Wildman–Crippen LogP) is 0.0300. The van der Waals surface area contributed by atoms with Gasteiger partial charge in [-0.3, -0.25) is 4.79 Å². The van der Waals surface area contributed by atoms with E-state index in [0.29, 0.717) is 19.6 Å². The first-order valence-electron chi connectivity index (χ1n) is 6.81. The third kappa shape index (κ3) is 4.33. The molecule has 0 aromatic carbocycles. The van der Waals surface area contributed by atoms with Crippen molar-refractivity contribution in [3.05, 3.63) is 18.2 Å². The normalized spacial score (nSPS) is 15.7. The molecule has 2 heterocycles. The summed E-state index contributed by atoms with van der Waals surface area (Å²) in [5.74, 6) is 1.24. The predicted molar refractivity (Wildman–Crippen MR) is 71.8 cm³/mol. The standard InChI is InChI=1S/C13H22N4O2/c1-12-15-5-7-16(12)6-4-14-3-2-13(18)17-8-10-19-11-9-17/h5,7,14H,2-4,6,8-11H2,1H3. The molecule has 0 unspecified atom stereocenters. The molecule has 19 heavy (non-hydrogen) atoms. The number of nitrogens with one attached hydrogen (secondary N) is 1. The van der Waals surface area contributed by atoms with E-state index in [9.17, 15) is 4.79 Å². The maximum atomic E-state index is 11.9. The lowest BCUT2D eigenvalue weighted by atomic mass is 10.3. The maximum absolute atomic E-state index is 11.9. The summed E-state index contributed by atoms with van der Waals surface area (Å²) in [6.07, 6.45) is 4.33. The SMILES string of the molecule is Cc1nccn1CCNCCC(=O)N1CCOCC1. The van der Waals surface area contributed by atoms with Crippen molar-refractivity contribution in [3.63, 3.8) is 0 Å². The van der Waals surface area contributed by atoms with Gasteiger partial charge in [0.1, 0.15) is 5.82 Å². The van der Waals surface area contributed by atoms with Crippen LogP contribution in [0.2, 0.25) is 0 Å². The van der Waals surface area contributed by atoms with E-state index in [1.807, 2.05) is 18.0 Å². The zero-order chi connectivity index (χ0) is 13.5. The van der Waals surface area contributed by atoms with Crippen molar-refractivity contribution in [3.8, 4) is 0 Å². The van der Waals surface area contributed by atoms with Gasteiger partial charge in [-0.15, -0.1) is 0 Å². The highest BCUT2D eigenvalue weighted by molar-refractivity contribution is 5.76. The monoisotopic (exact) mass is 266 g/mol. The molecule has 1 fully saturated rings. The molecule has 6 heteroatoms. The Hall–Kier alpha value is -1.40. The number of imidazole rings is 1. The summed E-state index contributed by atoms with van der Waals surface area (Å²) in [6.45, 7) is 7.25. The van der Waals surface area contributed by atoms with Crippen molar-refractivity contribution in [1.29, 1.82) is 0 Å². The van der Waals surface area contributed by atoms with Crippen LogP contribution in [0.25, 0.3) is 0 Å². The zero-order valence-corrected chi connectivity index (χ0v) is 11.5. The number of morpholine rings is 1. The first-order valence-corrected chi connectivity index (χ1v) is 6.81. The minimum Gasteiger partial charge on any atom is -0.378 e. The van der Waals surface area contributed by atoms with Gasteiger partial charge in [-0.1, -0.05) is 0 Å². The topological polar surface area (TPSA) is 59.4 Å². The lowest BCUT2D eigenvalue weighted by Gasteiger charge is -2.26. The summed E-state index contributed by atoms with van der Waals surface area (Å²) in [5, 5.41) is 3.29. The molecule has 1 aliphatic heterocycles. The lowest BCUT2D eigenvalue weighted by Crippen LogP contribution is -2.41. The molecule has 6 nitrogen and oxygen atoms in total. The van der Waals surface area contributed by atoms with E-state index >= 15 is 0 Å². The summed E-state index contributed by atoms with van der Waals surface area (Å²) in [4.78, 5) is 17.9. The maximum Gasteiger partial charge on any atom is 0.224 e. The summed E-state index contributed by atoms with van der Waals surface area (Å²) >= 11 is 0. The minimum atomic E-state index is 0.217. The van der Waals surface area contributed by atoms with Crippen LogP contribution in [-0.2, 0) is 16.1 Å². The molecule has 1 aliphatic rings. The second-order valence-electron chi connectivity index (χ2n) is 4.66. The molecule has 1 aromatic rings. The Morgan fingerprint density at radius 2 is 2.21 bits per heavy atom. The van der Waals surface area contributed by atoms with Gasteiger partial charge in [-0.2, -0.15) is 0 Å². The largest absolute Gasteiger partial charge is 0.378 e. The summed E-state index contributed by atoms with van der Waals surface area (Å²) < 4.78 is 7.32. The van der Waals surface area contributed by atoms with Crippen LogP contribution in [0.3, 0.4) is 0 Å². The molecule has 0 saturated carbocycles. The van der Waals surface area contributed by atoms with Gasteiger partial charge in [-0.25, -0.2) is 4.98 Å². The van der Waals surface area contributed by atoms with Crippen molar-refractivity contribution in [2.45, 2.75) is 19.9 Å². The molecule has 106 valence electrons. The molecule has 0 bridgehead atoms. The Kier molecular flexibility index (Phi) is 5.35. The van der Waals surface area contributed by atoms with Crippen LogP contribution in [0.4, 0.5) is 0 Å². The average molecular weight is 266 g/mol. The highest BCUT2D eigenvalue weighted by Crippen LogP contribution is 1.99. The van der Waals surface area contributed by atoms with Crippen LogP contribution in [0.15, 0.2) is 12.4 Å². The first kappa shape index (κ1) is 14.0. The van der Waals surface area contributed by atoms with E-state index in [2.05, 4.69) is 14.9 Å². The number of hydrogen-bond donors (Lipinski definition) is 1. The number of aromatic nitrogens is 2. The third-order valence-electron chi connectivity index (χ3n) is 3.33. The molecule has 0 atom stereocenters. The highest BCUT2D eigenvalue weighted by atomic mass is 16.5. The van der Waals surface area contributed by atoms with Crippen molar-refractivity contribution in [2.75, 3.05) is 39.4 Å². The fourth-order valence-corrected chi connectivity index (χ4v) is 2.13. The van der Waals surface area contributed by atoms with Crippen molar-refractivity contribution < 1.29 is 9.53 Å². The Balaban J connectivity index is 1.56. The van der Waals surface area contributed by atoms with Crippen molar-refractivity contribution in [2.24, 2.45) is 0 Å². The number of nitrogens with zero attached hydrogens (tertiary/aromatic N) is 3. The van der Waals surface area contributed by atoms with Crippen molar-refractivity contribution >= 4 is 5.91 Å². The van der Waals surface area contributed by atoms with Gasteiger partial charge in [0.25, 0.3) is 0 Å². The fraction of sp³-hybridized carbons (Fsp3) is 0.692. The number of rotatable bonds is 6. The van der Waals surface area contributed by atoms with Crippen LogP contribution < -0.4 is 5.32 Å². The molecular weight excluding hydrogens is 244 g/mol. The van der Waals surface area contributed by atoms with E-state index in [-0.39, 0.29) is 5.91 Å². The minimum absolute atomic E-state index is 0.217. The smallest absolute Gasteiger partial charge is 0.224 e. The van der Waals surface area contributed by atoms with E-state index in [1.165, 1.54) is 0 Å². The van der Waals surface area contributed by atoms with E-state index in [0.717, 1.165) is 38.5 Å². The molecule has 0 aliphatic carbocycles. The number of aryl methyl sites for hydroxylation is 1. The number of ether oxygens (including phenoxy) is 1. The average Bonchev–Trinajstić information content (AvgIpc) is 2.85. The Morgan fingerprint density at radius 3 is 2.89 bits per heavy atom. The van der Waals surface area contributed by atoms with Gasteiger partial charge in [0.2, 0.25) is 5.91 Å². The van der Waals surface area contributed by atoms with Gasteiger partial charge in [0, 0.05) is 51.5 Å². The summed E-state index contributed by atoms with van der Waals surface area (Å²) in [7, 11) is 0. The molecule has 2 rings (SSSR count).